The Hall–Kier alpha value is -1.93. The van der Waals surface area contributed by atoms with Gasteiger partial charge in [0.05, 0.1) is 12.1 Å². The molecule has 1 aromatic carbocycles. The van der Waals surface area contributed by atoms with Crippen LogP contribution in [-0.4, -0.2) is 32.4 Å². The lowest BCUT2D eigenvalue weighted by Crippen LogP contribution is -2.21. The maximum atomic E-state index is 11.7. The highest BCUT2D eigenvalue weighted by Gasteiger charge is 2.17. The predicted molar refractivity (Wildman–Crippen MR) is 68.2 cm³/mol. The van der Waals surface area contributed by atoms with Crippen LogP contribution in [-0.2, 0) is 19.6 Å². The number of carbonyl (C=O) groups excluding carboxylic acids is 1. The molecule has 19 heavy (non-hydrogen) atoms. The fourth-order valence-corrected chi connectivity index (χ4v) is 2.23. The van der Waals surface area contributed by atoms with Crippen molar-refractivity contribution >= 4 is 27.6 Å². The Morgan fingerprint density at radius 3 is 2.42 bits per heavy atom. The minimum Gasteiger partial charge on any atom is -0.481 e. The lowest BCUT2D eigenvalue weighted by atomic mass is 10.2. The number of anilines is 1. The van der Waals surface area contributed by atoms with Gasteiger partial charge in [-0.05, 0) is 19.2 Å². The van der Waals surface area contributed by atoms with Crippen molar-refractivity contribution in [2.45, 2.75) is 17.7 Å². The van der Waals surface area contributed by atoms with Gasteiger partial charge in [0.15, 0.2) is 0 Å². The Kier molecular flexibility index (Phi) is 5.02. The number of sulfonamides is 1. The van der Waals surface area contributed by atoms with Crippen molar-refractivity contribution in [1.82, 2.24) is 4.72 Å². The highest BCUT2D eigenvalue weighted by atomic mass is 32.2. The minimum absolute atomic E-state index is 0.0684. The summed E-state index contributed by atoms with van der Waals surface area (Å²) in [7, 11) is -2.42. The van der Waals surface area contributed by atoms with E-state index in [0.29, 0.717) is 0 Å². The van der Waals surface area contributed by atoms with Crippen molar-refractivity contribution in [3.63, 3.8) is 0 Å². The third kappa shape index (κ3) is 4.34. The summed E-state index contributed by atoms with van der Waals surface area (Å²) >= 11 is 0. The number of carbonyl (C=O) groups is 2. The average Bonchev–Trinajstić information content (AvgIpc) is 2.37. The number of aliphatic carboxylic acids is 1. The van der Waals surface area contributed by atoms with Crippen molar-refractivity contribution in [3.8, 4) is 0 Å². The van der Waals surface area contributed by atoms with Gasteiger partial charge in [0.1, 0.15) is 4.90 Å². The summed E-state index contributed by atoms with van der Waals surface area (Å²) < 4.78 is 25.6. The van der Waals surface area contributed by atoms with Crippen LogP contribution in [0.1, 0.15) is 12.8 Å². The molecule has 0 unspecified atom stereocenters. The van der Waals surface area contributed by atoms with Gasteiger partial charge in [0.25, 0.3) is 0 Å². The van der Waals surface area contributed by atoms with Crippen LogP contribution in [0.15, 0.2) is 29.2 Å². The lowest BCUT2D eigenvalue weighted by molar-refractivity contribution is -0.138. The molecule has 0 aromatic heterocycles. The average molecular weight is 286 g/mol. The maximum Gasteiger partial charge on any atom is 0.303 e. The monoisotopic (exact) mass is 286 g/mol. The molecule has 1 aromatic rings. The first-order valence-corrected chi connectivity index (χ1v) is 6.89. The lowest BCUT2D eigenvalue weighted by Gasteiger charge is -2.10. The van der Waals surface area contributed by atoms with Crippen LogP contribution in [0, 0.1) is 0 Å². The number of rotatable bonds is 6. The molecule has 104 valence electrons. The first kappa shape index (κ1) is 15.1. The van der Waals surface area contributed by atoms with Gasteiger partial charge >= 0.3 is 5.97 Å². The van der Waals surface area contributed by atoms with Gasteiger partial charge in [-0.15, -0.1) is 0 Å². The molecule has 0 bridgehead atoms. The second-order valence-corrected chi connectivity index (χ2v) is 5.50. The van der Waals surface area contributed by atoms with E-state index in [1.54, 1.807) is 6.07 Å². The Balaban J connectivity index is 2.91. The normalized spacial score (nSPS) is 11.0. The number of carboxylic acids is 1. The topological polar surface area (TPSA) is 113 Å². The molecule has 1 rings (SSSR count). The first-order chi connectivity index (χ1) is 8.86. The summed E-state index contributed by atoms with van der Waals surface area (Å²) in [6.07, 6.45) is -0.532. The van der Waals surface area contributed by atoms with E-state index in [0.717, 1.165) is 0 Å². The third-order valence-corrected chi connectivity index (χ3v) is 3.76. The fourth-order valence-electron chi connectivity index (χ4n) is 1.35. The summed E-state index contributed by atoms with van der Waals surface area (Å²) in [6, 6.07) is 5.88. The largest absolute Gasteiger partial charge is 0.481 e. The molecule has 0 atom stereocenters. The number of para-hydroxylation sites is 1. The molecule has 0 saturated heterocycles. The van der Waals surface area contributed by atoms with Gasteiger partial charge in [-0.2, -0.15) is 0 Å². The van der Waals surface area contributed by atoms with Crippen LogP contribution < -0.4 is 10.0 Å². The van der Waals surface area contributed by atoms with E-state index in [-0.39, 0.29) is 23.4 Å². The minimum atomic E-state index is -3.69. The second-order valence-electron chi connectivity index (χ2n) is 3.65. The summed E-state index contributed by atoms with van der Waals surface area (Å²) in [5.74, 6) is -1.65. The Bertz CT molecular complexity index is 583. The molecule has 0 spiro atoms. The SMILES string of the molecule is CNS(=O)(=O)c1ccccc1NC(=O)CCC(=O)O. The molecule has 0 aliphatic carbocycles. The van der Waals surface area contributed by atoms with E-state index < -0.39 is 21.9 Å². The molecular formula is C11H14N2O5S. The summed E-state index contributed by atoms with van der Waals surface area (Å²) in [5.41, 5.74) is 0.118. The van der Waals surface area contributed by atoms with Gasteiger partial charge in [0.2, 0.25) is 15.9 Å². The fraction of sp³-hybridized carbons (Fsp3) is 0.273. The van der Waals surface area contributed by atoms with Crippen molar-refractivity contribution in [3.05, 3.63) is 24.3 Å². The molecule has 7 nitrogen and oxygen atoms in total. The molecule has 8 heteroatoms. The number of amides is 1. The Morgan fingerprint density at radius 1 is 1.21 bits per heavy atom. The maximum absolute atomic E-state index is 11.7. The van der Waals surface area contributed by atoms with Crippen LogP contribution >= 0.6 is 0 Å². The van der Waals surface area contributed by atoms with Gasteiger partial charge in [-0.25, -0.2) is 13.1 Å². The van der Waals surface area contributed by atoms with E-state index in [4.69, 9.17) is 5.11 Å². The van der Waals surface area contributed by atoms with Crippen molar-refractivity contribution in [1.29, 1.82) is 0 Å². The summed E-state index contributed by atoms with van der Waals surface area (Å²) in [6.45, 7) is 0. The quantitative estimate of drug-likeness (QED) is 0.700. The number of hydrogen-bond donors (Lipinski definition) is 3. The molecular weight excluding hydrogens is 272 g/mol. The third-order valence-electron chi connectivity index (χ3n) is 2.29. The van der Waals surface area contributed by atoms with E-state index in [2.05, 4.69) is 10.0 Å². The number of benzene rings is 1. The van der Waals surface area contributed by atoms with E-state index >= 15 is 0 Å². The Labute approximate surface area is 110 Å². The molecule has 1 amide bonds. The smallest absolute Gasteiger partial charge is 0.303 e. The van der Waals surface area contributed by atoms with Crippen molar-refractivity contribution in [2.24, 2.45) is 0 Å². The van der Waals surface area contributed by atoms with Crippen LogP contribution in [0.5, 0.6) is 0 Å². The molecule has 0 heterocycles. The predicted octanol–water partition coefficient (Wildman–Crippen LogP) is 0.398. The molecule has 0 aliphatic heterocycles. The van der Waals surface area contributed by atoms with Crippen LogP contribution in [0.4, 0.5) is 5.69 Å². The van der Waals surface area contributed by atoms with Crippen LogP contribution in [0.3, 0.4) is 0 Å². The molecule has 0 saturated carbocycles. The molecule has 3 N–H and O–H groups in total. The number of carboxylic acid groups (broad SMARTS) is 1. The molecule has 0 radical (unpaired) electrons. The highest BCUT2D eigenvalue weighted by Crippen LogP contribution is 2.20. The zero-order chi connectivity index (χ0) is 14.5. The zero-order valence-corrected chi connectivity index (χ0v) is 11.0. The standard InChI is InChI=1S/C11H14N2O5S/c1-12-19(17,18)9-5-3-2-4-8(9)13-10(14)6-7-11(15)16/h2-5,12H,6-7H2,1H3,(H,13,14)(H,15,16). The van der Waals surface area contributed by atoms with Crippen molar-refractivity contribution < 1.29 is 23.1 Å². The number of hydrogen-bond acceptors (Lipinski definition) is 4. The van der Waals surface area contributed by atoms with E-state index in [1.807, 2.05) is 0 Å². The summed E-state index contributed by atoms with van der Waals surface area (Å²) in [4.78, 5) is 21.8. The van der Waals surface area contributed by atoms with Gasteiger partial charge in [-0.1, -0.05) is 12.1 Å². The van der Waals surface area contributed by atoms with Crippen molar-refractivity contribution in [2.75, 3.05) is 12.4 Å². The zero-order valence-electron chi connectivity index (χ0n) is 10.2. The second kappa shape index (κ2) is 6.30. The van der Waals surface area contributed by atoms with E-state index in [9.17, 15) is 18.0 Å². The van der Waals surface area contributed by atoms with Gasteiger partial charge in [0, 0.05) is 6.42 Å². The molecule has 0 aliphatic rings. The molecule has 0 fully saturated rings. The van der Waals surface area contributed by atoms with Crippen LogP contribution in [0.25, 0.3) is 0 Å². The highest BCUT2D eigenvalue weighted by molar-refractivity contribution is 7.89. The van der Waals surface area contributed by atoms with E-state index in [1.165, 1.54) is 25.2 Å². The van der Waals surface area contributed by atoms with Crippen LogP contribution in [0.2, 0.25) is 0 Å². The first-order valence-electron chi connectivity index (χ1n) is 5.41. The summed E-state index contributed by atoms with van der Waals surface area (Å²) in [5, 5.41) is 10.8. The van der Waals surface area contributed by atoms with Gasteiger partial charge < -0.3 is 10.4 Å². The number of nitrogens with one attached hydrogen (secondary N) is 2. The Morgan fingerprint density at radius 2 is 1.84 bits per heavy atom. The van der Waals surface area contributed by atoms with Gasteiger partial charge in [-0.3, -0.25) is 9.59 Å².